The molecule has 0 fully saturated rings. The second kappa shape index (κ2) is 6.21. The Kier molecular flexibility index (Phi) is 4.37. The van der Waals surface area contributed by atoms with Gasteiger partial charge in [-0.2, -0.15) is 0 Å². The smallest absolute Gasteiger partial charge is 0.412 e. The third-order valence-electron chi connectivity index (χ3n) is 2.86. The molecule has 1 aromatic carbocycles. The van der Waals surface area contributed by atoms with Crippen LogP contribution in [0.4, 0.5) is 10.5 Å². The first-order valence-corrected chi connectivity index (χ1v) is 6.20. The lowest BCUT2D eigenvalue weighted by atomic mass is 10.1. The molecule has 1 aromatic heterocycles. The number of hydrogen-bond donors (Lipinski definition) is 2. The van der Waals surface area contributed by atoms with E-state index in [0.717, 1.165) is 5.56 Å². The summed E-state index contributed by atoms with van der Waals surface area (Å²) in [7, 11) is 0. The Morgan fingerprint density at radius 1 is 1.45 bits per heavy atom. The first-order chi connectivity index (χ1) is 9.61. The molecule has 20 heavy (non-hydrogen) atoms. The monoisotopic (exact) mass is 276 g/mol. The summed E-state index contributed by atoms with van der Waals surface area (Å²) in [5.41, 5.74) is 1.73. The molecule has 0 radical (unpaired) electrons. The first kappa shape index (κ1) is 14.1. The van der Waals surface area contributed by atoms with Gasteiger partial charge in [-0.25, -0.2) is 4.79 Å². The zero-order valence-corrected chi connectivity index (χ0v) is 11.3. The first-order valence-electron chi connectivity index (χ1n) is 6.20. The van der Waals surface area contributed by atoms with Crippen molar-refractivity contribution in [2.45, 2.75) is 26.6 Å². The van der Waals surface area contributed by atoms with Crippen molar-refractivity contribution in [1.29, 1.82) is 0 Å². The predicted octanol–water partition coefficient (Wildman–Crippen LogP) is 2.79. The number of ether oxygens (including phenoxy) is 1. The van der Waals surface area contributed by atoms with Crippen molar-refractivity contribution in [3.63, 3.8) is 0 Å². The average Bonchev–Trinajstić information content (AvgIpc) is 2.80. The van der Waals surface area contributed by atoms with Gasteiger partial charge >= 0.3 is 6.09 Å². The summed E-state index contributed by atoms with van der Waals surface area (Å²) >= 11 is 0. The molecule has 0 aliphatic carbocycles. The number of aromatic nitrogens is 1. The number of amides is 1. The van der Waals surface area contributed by atoms with E-state index in [-0.39, 0.29) is 18.5 Å². The molecule has 0 saturated carbocycles. The lowest BCUT2D eigenvalue weighted by Crippen LogP contribution is -2.17. The van der Waals surface area contributed by atoms with E-state index >= 15 is 0 Å². The van der Waals surface area contributed by atoms with Gasteiger partial charge in [-0.1, -0.05) is 35.5 Å². The standard InChI is InChI=1S/C14H16N2O4/c1-9-13(12(8-17)20-16-9)15-14(18)19-10(2)11-6-4-3-5-7-11/h3-7,10,17H,8H2,1-2H3,(H,15,18)/t10-/m1/s1. The number of benzene rings is 1. The molecule has 2 rings (SSSR count). The van der Waals surface area contributed by atoms with Crippen molar-refractivity contribution in [1.82, 2.24) is 5.16 Å². The maximum Gasteiger partial charge on any atom is 0.412 e. The maximum atomic E-state index is 11.8. The summed E-state index contributed by atoms with van der Waals surface area (Å²) in [6.07, 6.45) is -1.00. The zero-order valence-electron chi connectivity index (χ0n) is 11.3. The third-order valence-corrected chi connectivity index (χ3v) is 2.86. The molecule has 2 N–H and O–H groups in total. The van der Waals surface area contributed by atoms with Gasteiger partial charge < -0.3 is 14.4 Å². The number of rotatable bonds is 4. The SMILES string of the molecule is Cc1noc(CO)c1NC(=O)O[C@H](C)c1ccccc1. The van der Waals surface area contributed by atoms with E-state index in [1.54, 1.807) is 13.8 Å². The predicted molar refractivity (Wildman–Crippen MR) is 72.1 cm³/mol. The Bertz CT molecular complexity index is 580. The van der Waals surface area contributed by atoms with Crippen LogP contribution >= 0.6 is 0 Å². The van der Waals surface area contributed by atoms with E-state index in [9.17, 15) is 4.79 Å². The molecule has 1 atom stereocenters. The van der Waals surface area contributed by atoms with Crippen molar-refractivity contribution in [2.75, 3.05) is 5.32 Å². The molecule has 0 spiro atoms. The summed E-state index contributed by atoms with van der Waals surface area (Å²) in [4.78, 5) is 11.8. The van der Waals surface area contributed by atoms with E-state index < -0.39 is 6.09 Å². The Morgan fingerprint density at radius 2 is 2.15 bits per heavy atom. The fraction of sp³-hybridized carbons (Fsp3) is 0.286. The Hall–Kier alpha value is -2.34. The van der Waals surface area contributed by atoms with Crippen LogP contribution in [0.2, 0.25) is 0 Å². The number of aliphatic hydroxyl groups is 1. The van der Waals surface area contributed by atoms with Gasteiger partial charge in [0.2, 0.25) is 0 Å². The van der Waals surface area contributed by atoms with Crippen LogP contribution < -0.4 is 5.32 Å². The molecule has 2 aromatic rings. The van der Waals surface area contributed by atoms with Gasteiger partial charge in [0.15, 0.2) is 5.76 Å². The average molecular weight is 276 g/mol. The number of carbonyl (C=O) groups is 1. The number of nitrogens with one attached hydrogen (secondary N) is 1. The molecular weight excluding hydrogens is 260 g/mol. The van der Waals surface area contributed by atoms with Gasteiger partial charge in [0.25, 0.3) is 0 Å². The van der Waals surface area contributed by atoms with Crippen molar-refractivity contribution < 1.29 is 19.2 Å². The van der Waals surface area contributed by atoms with Crippen molar-refractivity contribution in [3.05, 3.63) is 47.3 Å². The van der Waals surface area contributed by atoms with Gasteiger partial charge in [-0.15, -0.1) is 0 Å². The molecule has 6 nitrogen and oxygen atoms in total. The van der Waals surface area contributed by atoms with Gasteiger partial charge in [0.05, 0.1) is 0 Å². The van der Waals surface area contributed by atoms with Gasteiger partial charge in [-0.3, -0.25) is 5.32 Å². The largest absolute Gasteiger partial charge is 0.441 e. The molecule has 106 valence electrons. The lowest BCUT2D eigenvalue weighted by Gasteiger charge is -2.14. The molecule has 0 saturated heterocycles. The summed E-state index contributed by atoms with van der Waals surface area (Å²) in [5.74, 6) is 0.201. The highest BCUT2D eigenvalue weighted by molar-refractivity contribution is 5.86. The Morgan fingerprint density at radius 3 is 2.80 bits per heavy atom. The summed E-state index contributed by atoms with van der Waals surface area (Å²) in [6.45, 7) is 3.10. The quantitative estimate of drug-likeness (QED) is 0.897. The van der Waals surface area contributed by atoms with Crippen LogP contribution in [0, 0.1) is 6.92 Å². The highest BCUT2D eigenvalue weighted by atomic mass is 16.6. The number of carbonyl (C=O) groups excluding carboxylic acids is 1. The summed E-state index contributed by atoms with van der Waals surface area (Å²) in [6, 6.07) is 9.40. The van der Waals surface area contributed by atoms with Crippen molar-refractivity contribution in [3.8, 4) is 0 Å². The topological polar surface area (TPSA) is 84.6 Å². The highest BCUT2D eigenvalue weighted by Gasteiger charge is 2.17. The fourth-order valence-electron chi connectivity index (χ4n) is 1.77. The van der Waals surface area contributed by atoms with Crippen LogP contribution in [0.3, 0.4) is 0 Å². The molecule has 0 aliphatic rings. The van der Waals surface area contributed by atoms with Crippen LogP contribution in [-0.2, 0) is 11.3 Å². The van der Waals surface area contributed by atoms with Gasteiger partial charge in [0.1, 0.15) is 24.1 Å². The van der Waals surface area contributed by atoms with Crippen molar-refractivity contribution in [2.24, 2.45) is 0 Å². The van der Waals surface area contributed by atoms with E-state index in [2.05, 4.69) is 10.5 Å². The molecule has 0 bridgehead atoms. The lowest BCUT2D eigenvalue weighted by molar-refractivity contribution is 0.121. The van der Waals surface area contributed by atoms with E-state index in [4.69, 9.17) is 14.4 Å². The number of hydrogen-bond acceptors (Lipinski definition) is 5. The number of nitrogens with zero attached hydrogens (tertiary/aromatic N) is 1. The fourth-order valence-corrected chi connectivity index (χ4v) is 1.77. The minimum atomic E-state index is -0.623. The molecule has 6 heteroatoms. The molecule has 0 aliphatic heterocycles. The third kappa shape index (κ3) is 3.16. The maximum absolute atomic E-state index is 11.8. The highest BCUT2D eigenvalue weighted by Crippen LogP contribution is 2.22. The number of aliphatic hydroxyl groups excluding tert-OH is 1. The van der Waals surface area contributed by atoms with Gasteiger partial charge in [0, 0.05) is 0 Å². The van der Waals surface area contributed by atoms with Crippen LogP contribution in [0.25, 0.3) is 0 Å². The van der Waals surface area contributed by atoms with Crippen LogP contribution in [0.15, 0.2) is 34.9 Å². The van der Waals surface area contributed by atoms with E-state index in [0.29, 0.717) is 11.4 Å². The van der Waals surface area contributed by atoms with Crippen LogP contribution in [0.5, 0.6) is 0 Å². The second-order valence-electron chi connectivity index (χ2n) is 4.31. The van der Waals surface area contributed by atoms with Crippen molar-refractivity contribution >= 4 is 11.8 Å². The zero-order chi connectivity index (χ0) is 14.5. The van der Waals surface area contributed by atoms with E-state index in [1.807, 2.05) is 30.3 Å². The minimum Gasteiger partial charge on any atom is -0.441 e. The Labute approximate surface area is 116 Å². The van der Waals surface area contributed by atoms with E-state index in [1.165, 1.54) is 0 Å². The minimum absolute atomic E-state index is 0.201. The summed E-state index contributed by atoms with van der Waals surface area (Å²) in [5, 5.41) is 15.3. The molecular formula is C14H16N2O4. The molecule has 1 heterocycles. The van der Waals surface area contributed by atoms with Gasteiger partial charge in [-0.05, 0) is 19.4 Å². The molecule has 0 unspecified atom stereocenters. The van der Waals surface area contributed by atoms with Crippen LogP contribution in [-0.4, -0.2) is 16.4 Å². The number of aryl methyl sites for hydroxylation is 1. The summed E-state index contributed by atoms with van der Waals surface area (Å²) < 4.78 is 10.1. The Balaban J connectivity index is 2.01. The number of anilines is 1. The normalized spacial score (nSPS) is 11.9. The van der Waals surface area contributed by atoms with Crippen LogP contribution in [0.1, 0.15) is 30.0 Å². The molecule has 1 amide bonds. The second-order valence-corrected chi connectivity index (χ2v) is 4.31.